The molecule has 0 aliphatic heterocycles. The number of carbonyl (C=O) groups excluding carboxylic acids is 3. The molecular weight excluding hydrogens is 757 g/mol. The first kappa shape index (κ1) is 58.6. The van der Waals surface area contributed by atoms with Gasteiger partial charge in [-0.2, -0.15) is 0 Å². The normalized spacial score (nSPS) is 12.2. The lowest BCUT2D eigenvalue weighted by molar-refractivity contribution is -0.167. The Bertz CT molecular complexity index is 1030. The first-order chi connectivity index (χ1) is 30.0. The third-order valence-corrected chi connectivity index (χ3v) is 11.6. The average Bonchev–Trinajstić information content (AvgIpc) is 3.26. The molecule has 0 N–H and O–H groups in total. The van der Waals surface area contributed by atoms with Crippen molar-refractivity contribution >= 4 is 17.9 Å². The van der Waals surface area contributed by atoms with Crippen LogP contribution in [0.15, 0.2) is 36.5 Å². The van der Waals surface area contributed by atoms with Crippen molar-refractivity contribution in [3.63, 3.8) is 0 Å². The first-order valence-corrected chi connectivity index (χ1v) is 26.5. The number of rotatable bonds is 48. The quantitative estimate of drug-likeness (QED) is 0.0262. The van der Waals surface area contributed by atoms with Crippen LogP contribution in [0.25, 0.3) is 0 Å². The number of ether oxygens (including phenoxy) is 3. The van der Waals surface area contributed by atoms with Gasteiger partial charge in [0.1, 0.15) is 13.2 Å². The van der Waals surface area contributed by atoms with E-state index >= 15 is 0 Å². The maximum atomic E-state index is 12.8. The van der Waals surface area contributed by atoms with Crippen molar-refractivity contribution in [2.75, 3.05) is 13.2 Å². The van der Waals surface area contributed by atoms with Crippen molar-refractivity contribution in [3.8, 4) is 0 Å². The van der Waals surface area contributed by atoms with Crippen LogP contribution >= 0.6 is 0 Å². The number of carbonyl (C=O) groups is 3. The molecule has 0 bridgehead atoms. The summed E-state index contributed by atoms with van der Waals surface area (Å²) in [6.45, 7) is 6.61. The number of hydrogen-bond acceptors (Lipinski definition) is 6. The van der Waals surface area contributed by atoms with Crippen LogP contribution < -0.4 is 0 Å². The predicted octanol–water partition coefficient (Wildman–Crippen LogP) is 17.3. The van der Waals surface area contributed by atoms with Gasteiger partial charge in [0, 0.05) is 19.3 Å². The van der Waals surface area contributed by atoms with Crippen molar-refractivity contribution in [1.29, 1.82) is 0 Å². The second-order valence-electron chi connectivity index (χ2n) is 17.8. The maximum absolute atomic E-state index is 12.8. The molecule has 0 saturated heterocycles. The van der Waals surface area contributed by atoms with Gasteiger partial charge >= 0.3 is 17.9 Å². The molecular formula is C55H100O6. The number of esters is 3. The highest BCUT2D eigenvalue weighted by Crippen LogP contribution is 2.15. The summed E-state index contributed by atoms with van der Waals surface area (Å²) in [7, 11) is 0. The number of hydrogen-bond donors (Lipinski definition) is 0. The third kappa shape index (κ3) is 48.5. The largest absolute Gasteiger partial charge is 0.462 e. The molecule has 356 valence electrons. The Hall–Kier alpha value is -2.37. The van der Waals surface area contributed by atoms with Gasteiger partial charge < -0.3 is 14.2 Å². The van der Waals surface area contributed by atoms with Gasteiger partial charge in [0.15, 0.2) is 6.10 Å². The Morgan fingerprint density at radius 1 is 0.328 bits per heavy atom. The van der Waals surface area contributed by atoms with E-state index in [1.54, 1.807) is 0 Å². The zero-order valence-electron chi connectivity index (χ0n) is 40.7. The van der Waals surface area contributed by atoms with E-state index in [1.807, 2.05) is 0 Å². The summed E-state index contributed by atoms with van der Waals surface area (Å²) in [4.78, 5) is 38.0. The van der Waals surface area contributed by atoms with Gasteiger partial charge in [-0.15, -0.1) is 0 Å². The van der Waals surface area contributed by atoms with Crippen molar-refractivity contribution in [1.82, 2.24) is 0 Å². The van der Waals surface area contributed by atoms with E-state index < -0.39 is 6.10 Å². The molecule has 6 nitrogen and oxygen atoms in total. The zero-order chi connectivity index (χ0) is 44.4. The molecule has 0 aliphatic rings. The van der Waals surface area contributed by atoms with Gasteiger partial charge in [-0.3, -0.25) is 14.4 Å². The summed E-state index contributed by atoms with van der Waals surface area (Å²) in [5, 5.41) is 0. The lowest BCUT2D eigenvalue weighted by atomic mass is 10.1. The molecule has 6 heteroatoms. The fraction of sp³-hybridized carbons (Fsp3) is 0.836. The maximum Gasteiger partial charge on any atom is 0.306 e. The molecule has 0 rings (SSSR count). The monoisotopic (exact) mass is 857 g/mol. The average molecular weight is 857 g/mol. The summed E-state index contributed by atoms with van der Waals surface area (Å²) in [5.41, 5.74) is 0. The fourth-order valence-corrected chi connectivity index (χ4v) is 7.59. The van der Waals surface area contributed by atoms with Crippen LogP contribution in [0.2, 0.25) is 0 Å². The van der Waals surface area contributed by atoms with Crippen LogP contribution in [0.3, 0.4) is 0 Å². The lowest BCUT2D eigenvalue weighted by Gasteiger charge is -2.18. The van der Waals surface area contributed by atoms with E-state index in [2.05, 4.69) is 57.2 Å². The van der Waals surface area contributed by atoms with Gasteiger partial charge in [-0.25, -0.2) is 0 Å². The van der Waals surface area contributed by atoms with Crippen LogP contribution in [-0.2, 0) is 28.6 Å². The Labute approximate surface area is 378 Å². The molecule has 1 unspecified atom stereocenters. The topological polar surface area (TPSA) is 78.9 Å². The van der Waals surface area contributed by atoms with Gasteiger partial charge in [0.25, 0.3) is 0 Å². The highest BCUT2D eigenvalue weighted by molar-refractivity contribution is 5.71. The van der Waals surface area contributed by atoms with Crippen molar-refractivity contribution < 1.29 is 28.6 Å². The minimum Gasteiger partial charge on any atom is -0.462 e. The smallest absolute Gasteiger partial charge is 0.306 e. The second kappa shape index (κ2) is 50.3. The molecule has 0 fully saturated rings. The second-order valence-corrected chi connectivity index (χ2v) is 17.8. The lowest BCUT2D eigenvalue weighted by Crippen LogP contribution is -2.30. The molecule has 0 radical (unpaired) electrons. The highest BCUT2D eigenvalue weighted by atomic mass is 16.6. The van der Waals surface area contributed by atoms with Gasteiger partial charge in [-0.1, -0.05) is 218 Å². The van der Waals surface area contributed by atoms with E-state index in [0.717, 1.165) is 83.5 Å². The van der Waals surface area contributed by atoms with E-state index in [4.69, 9.17) is 14.2 Å². The Morgan fingerprint density at radius 3 is 0.934 bits per heavy atom. The van der Waals surface area contributed by atoms with Crippen molar-refractivity contribution in [3.05, 3.63) is 36.5 Å². The van der Waals surface area contributed by atoms with E-state index in [0.29, 0.717) is 19.3 Å². The summed E-state index contributed by atoms with van der Waals surface area (Å²) in [5.74, 6) is -0.890. The Morgan fingerprint density at radius 2 is 0.590 bits per heavy atom. The molecule has 61 heavy (non-hydrogen) atoms. The summed E-state index contributed by atoms with van der Waals surface area (Å²) >= 11 is 0. The molecule has 0 aliphatic carbocycles. The molecule has 0 aromatic heterocycles. The third-order valence-electron chi connectivity index (χ3n) is 11.6. The van der Waals surface area contributed by atoms with Crippen LogP contribution in [0.5, 0.6) is 0 Å². The first-order valence-electron chi connectivity index (χ1n) is 26.5. The molecule has 0 amide bonds. The van der Waals surface area contributed by atoms with Gasteiger partial charge in [0.05, 0.1) is 0 Å². The van der Waals surface area contributed by atoms with Crippen molar-refractivity contribution in [2.45, 2.75) is 284 Å². The minimum atomic E-state index is -0.778. The molecule has 1 atom stereocenters. The van der Waals surface area contributed by atoms with Crippen molar-refractivity contribution in [2.24, 2.45) is 0 Å². The van der Waals surface area contributed by atoms with E-state index in [-0.39, 0.29) is 31.1 Å². The van der Waals surface area contributed by atoms with Crippen LogP contribution in [0, 0.1) is 0 Å². The number of unbranched alkanes of at least 4 members (excludes halogenated alkanes) is 31. The predicted molar refractivity (Wildman–Crippen MR) is 261 cm³/mol. The minimum absolute atomic E-state index is 0.0772. The number of allylic oxidation sites excluding steroid dienone is 6. The molecule has 0 spiro atoms. The standard InChI is InChI=1S/C55H100O6/c1-4-7-10-13-16-19-22-24-26-28-30-33-36-39-42-45-48-54(57)60-51-52(50-59-53(56)47-44-41-38-35-32-21-18-15-12-9-6-3)61-55(58)49-46-43-40-37-34-31-29-27-25-23-20-17-14-11-8-5-2/h19,22,26-29,52H,4-18,20-21,23-25,30-51H2,1-3H3/b22-19-,28-26-,29-27-. The fourth-order valence-electron chi connectivity index (χ4n) is 7.59. The zero-order valence-corrected chi connectivity index (χ0v) is 40.7. The van der Waals surface area contributed by atoms with Crippen LogP contribution in [0.1, 0.15) is 278 Å². The van der Waals surface area contributed by atoms with Gasteiger partial charge in [0.2, 0.25) is 0 Å². The molecule has 0 heterocycles. The molecule has 0 aromatic carbocycles. The van der Waals surface area contributed by atoms with E-state index in [1.165, 1.54) is 154 Å². The summed E-state index contributed by atoms with van der Waals surface area (Å²) in [6.07, 6.45) is 58.4. The Balaban J connectivity index is 4.37. The van der Waals surface area contributed by atoms with Crippen LogP contribution in [0.4, 0.5) is 0 Å². The summed E-state index contributed by atoms with van der Waals surface area (Å²) < 4.78 is 16.8. The Kier molecular flexibility index (Phi) is 48.3. The van der Waals surface area contributed by atoms with Gasteiger partial charge in [-0.05, 0) is 77.0 Å². The van der Waals surface area contributed by atoms with E-state index in [9.17, 15) is 14.4 Å². The molecule has 0 saturated carbocycles. The highest BCUT2D eigenvalue weighted by Gasteiger charge is 2.19. The molecule has 0 aromatic rings. The SMILES string of the molecule is CCCCCC/C=C\C/C=C\CCCCCCCC(=O)OCC(COC(=O)CCCCCCCCCCCCC)OC(=O)CCCCCCC/C=C\CCCCCCCCC. The summed E-state index contributed by atoms with van der Waals surface area (Å²) in [6, 6.07) is 0. The van der Waals surface area contributed by atoms with Crippen LogP contribution in [-0.4, -0.2) is 37.2 Å².